The maximum Gasteiger partial charge on any atom is 0.335 e. The van der Waals surface area contributed by atoms with E-state index in [-0.39, 0.29) is 5.56 Å². The van der Waals surface area contributed by atoms with Crippen LogP contribution in [-0.4, -0.2) is 58.9 Å². The lowest BCUT2D eigenvalue weighted by Crippen LogP contribution is -2.48. The Bertz CT molecular complexity index is 1070. The lowest BCUT2D eigenvalue weighted by molar-refractivity contribution is 0.0697. The van der Waals surface area contributed by atoms with Crippen LogP contribution in [0.3, 0.4) is 0 Å². The molecule has 1 aliphatic heterocycles. The summed E-state index contributed by atoms with van der Waals surface area (Å²) in [5.41, 5.74) is 3.48. The SMILES string of the molecule is O=C(O)c1ccc(-c2nnc(-c3ccc(N4CCN(CC5CCCCC5)CC4)cc3)s2)cc1. The Morgan fingerprint density at radius 3 is 2.00 bits per heavy atom. The number of aromatic carboxylic acids is 1. The first-order chi connectivity index (χ1) is 16.2. The monoisotopic (exact) mass is 462 g/mol. The maximum absolute atomic E-state index is 11.0. The Hall–Kier alpha value is -2.77. The van der Waals surface area contributed by atoms with E-state index in [1.54, 1.807) is 24.3 Å². The minimum atomic E-state index is -0.926. The summed E-state index contributed by atoms with van der Waals surface area (Å²) in [6.45, 7) is 5.76. The highest BCUT2D eigenvalue weighted by molar-refractivity contribution is 7.17. The predicted molar refractivity (Wildman–Crippen MR) is 133 cm³/mol. The van der Waals surface area contributed by atoms with Crippen molar-refractivity contribution in [2.24, 2.45) is 5.92 Å². The maximum atomic E-state index is 11.0. The molecule has 0 radical (unpaired) electrons. The minimum Gasteiger partial charge on any atom is -0.478 e. The van der Waals surface area contributed by atoms with E-state index in [1.807, 2.05) is 0 Å². The van der Waals surface area contributed by atoms with Crippen molar-refractivity contribution in [2.75, 3.05) is 37.6 Å². The molecule has 0 unspecified atom stereocenters. The molecule has 172 valence electrons. The van der Waals surface area contributed by atoms with Crippen LogP contribution in [0.1, 0.15) is 42.5 Å². The number of carboxylic acid groups (broad SMARTS) is 1. The summed E-state index contributed by atoms with van der Waals surface area (Å²) < 4.78 is 0. The van der Waals surface area contributed by atoms with Gasteiger partial charge in [0.15, 0.2) is 0 Å². The van der Waals surface area contributed by atoms with Gasteiger partial charge < -0.3 is 10.0 Å². The number of benzene rings is 2. The number of rotatable bonds is 6. The van der Waals surface area contributed by atoms with Crippen LogP contribution in [0.25, 0.3) is 21.1 Å². The standard InChI is InChI=1S/C26H30N4O2S/c31-26(32)22-8-6-20(7-9-22)24-27-28-25(33-24)21-10-12-23(13-11-21)30-16-14-29(15-17-30)18-19-4-2-1-3-5-19/h6-13,19H,1-5,14-18H2,(H,31,32). The number of anilines is 1. The van der Waals surface area contributed by atoms with E-state index in [0.717, 1.165) is 53.2 Å². The highest BCUT2D eigenvalue weighted by Crippen LogP contribution is 2.31. The van der Waals surface area contributed by atoms with E-state index < -0.39 is 5.97 Å². The van der Waals surface area contributed by atoms with Crippen LogP contribution in [0.5, 0.6) is 0 Å². The molecule has 5 rings (SSSR count). The number of hydrogen-bond donors (Lipinski definition) is 1. The first kappa shape index (κ1) is 22.0. The van der Waals surface area contributed by atoms with E-state index in [1.165, 1.54) is 55.7 Å². The average Bonchev–Trinajstić information content (AvgIpc) is 3.36. The summed E-state index contributed by atoms with van der Waals surface area (Å²) >= 11 is 1.52. The fourth-order valence-corrected chi connectivity index (χ4v) is 5.80. The van der Waals surface area contributed by atoms with Crippen LogP contribution < -0.4 is 4.90 Å². The van der Waals surface area contributed by atoms with Gasteiger partial charge in [-0.2, -0.15) is 0 Å². The van der Waals surface area contributed by atoms with E-state index >= 15 is 0 Å². The van der Waals surface area contributed by atoms with Gasteiger partial charge in [-0.1, -0.05) is 42.7 Å². The lowest BCUT2D eigenvalue weighted by atomic mass is 9.89. The highest BCUT2D eigenvalue weighted by Gasteiger charge is 2.22. The molecule has 0 bridgehead atoms. The van der Waals surface area contributed by atoms with Crippen LogP contribution in [0, 0.1) is 5.92 Å². The molecule has 7 heteroatoms. The molecule has 2 aliphatic rings. The second-order valence-corrected chi connectivity index (χ2v) is 10.1. The number of carboxylic acids is 1. The van der Waals surface area contributed by atoms with E-state index in [4.69, 9.17) is 5.11 Å². The van der Waals surface area contributed by atoms with Crippen LogP contribution in [0.15, 0.2) is 48.5 Å². The smallest absolute Gasteiger partial charge is 0.335 e. The second kappa shape index (κ2) is 10.0. The molecule has 33 heavy (non-hydrogen) atoms. The molecule has 6 nitrogen and oxygen atoms in total. The molecular weight excluding hydrogens is 432 g/mol. The summed E-state index contributed by atoms with van der Waals surface area (Å²) in [5, 5.41) is 19.4. The van der Waals surface area contributed by atoms with Crippen molar-refractivity contribution in [2.45, 2.75) is 32.1 Å². The summed E-state index contributed by atoms with van der Waals surface area (Å²) in [4.78, 5) is 16.2. The fourth-order valence-electron chi connectivity index (χ4n) is 4.95. The highest BCUT2D eigenvalue weighted by atomic mass is 32.1. The molecule has 2 fully saturated rings. The van der Waals surface area contributed by atoms with Gasteiger partial charge in [-0.15, -0.1) is 10.2 Å². The van der Waals surface area contributed by atoms with Gasteiger partial charge in [-0.05, 0) is 55.2 Å². The van der Waals surface area contributed by atoms with Gasteiger partial charge in [0.2, 0.25) is 0 Å². The Balaban J connectivity index is 1.18. The Kier molecular flexibility index (Phi) is 6.69. The van der Waals surface area contributed by atoms with Crippen molar-refractivity contribution >= 4 is 23.0 Å². The molecular formula is C26H30N4O2S. The molecule has 1 aliphatic carbocycles. The quantitative estimate of drug-likeness (QED) is 0.538. The van der Waals surface area contributed by atoms with Gasteiger partial charge in [0.05, 0.1) is 5.56 Å². The normalized spacial score (nSPS) is 17.9. The largest absolute Gasteiger partial charge is 0.478 e. The Labute approximate surface area is 198 Å². The van der Waals surface area contributed by atoms with Crippen molar-refractivity contribution in [1.29, 1.82) is 0 Å². The Morgan fingerprint density at radius 1 is 0.848 bits per heavy atom. The topological polar surface area (TPSA) is 69.6 Å². The van der Waals surface area contributed by atoms with Gasteiger partial charge in [0.25, 0.3) is 0 Å². The number of carbonyl (C=O) groups is 1. The van der Waals surface area contributed by atoms with E-state index in [0.29, 0.717) is 0 Å². The van der Waals surface area contributed by atoms with Crippen molar-refractivity contribution in [3.05, 3.63) is 54.1 Å². The molecule has 2 aromatic carbocycles. The molecule has 0 spiro atoms. The van der Waals surface area contributed by atoms with Gasteiger partial charge >= 0.3 is 5.97 Å². The van der Waals surface area contributed by atoms with Crippen molar-refractivity contribution in [3.8, 4) is 21.1 Å². The van der Waals surface area contributed by atoms with Crippen molar-refractivity contribution < 1.29 is 9.90 Å². The third kappa shape index (κ3) is 5.25. The van der Waals surface area contributed by atoms with Gasteiger partial charge in [0.1, 0.15) is 10.0 Å². The molecule has 1 saturated heterocycles. The molecule has 1 N–H and O–H groups in total. The zero-order chi connectivity index (χ0) is 22.6. The summed E-state index contributed by atoms with van der Waals surface area (Å²) in [5.74, 6) is -0.0123. The second-order valence-electron chi connectivity index (χ2n) is 9.13. The van der Waals surface area contributed by atoms with E-state index in [2.05, 4.69) is 44.3 Å². The van der Waals surface area contributed by atoms with Crippen LogP contribution in [0.4, 0.5) is 5.69 Å². The zero-order valence-corrected chi connectivity index (χ0v) is 19.6. The Morgan fingerprint density at radius 2 is 1.42 bits per heavy atom. The molecule has 1 saturated carbocycles. The molecule has 0 atom stereocenters. The van der Waals surface area contributed by atoms with Gasteiger partial charge in [0, 0.05) is 49.5 Å². The first-order valence-corrected chi connectivity index (χ1v) is 12.7. The molecule has 0 amide bonds. The number of piperazine rings is 1. The summed E-state index contributed by atoms with van der Waals surface area (Å²) in [7, 11) is 0. The first-order valence-electron chi connectivity index (χ1n) is 11.9. The molecule has 3 aromatic rings. The third-order valence-electron chi connectivity index (χ3n) is 6.90. The number of nitrogens with zero attached hydrogens (tertiary/aromatic N) is 4. The predicted octanol–water partition coefficient (Wildman–Crippen LogP) is 5.27. The van der Waals surface area contributed by atoms with Gasteiger partial charge in [-0.25, -0.2) is 4.79 Å². The third-order valence-corrected chi connectivity index (χ3v) is 7.92. The average molecular weight is 463 g/mol. The van der Waals surface area contributed by atoms with Crippen LogP contribution in [-0.2, 0) is 0 Å². The lowest BCUT2D eigenvalue weighted by Gasteiger charge is -2.38. The summed E-state index contributed by atoms with van der Waals surface area (Å²) in [6.07, 6.45) is 7.11. The zero-order valence-electron chi connectivity index (χ0n) is 18.8. The minimum absolute atomic E-state index is 0.272. The van der Waals surface area contributed by atoms with Crippen molar-refractivity contribution in [1.82, 2.24) is 15.1 Å². The van der Waals surface area contributed by atoms with E-state index in [9.17, 15) is 4.79 Å². The number of hydrogen-bond acceptors (Lipinski definition) is 6. The van der Waals surface area contributed by atoms with Crippen LogP contribution >= 0.6 is 11.3 Å². The van der Waals surface area contributed by atoms with Crippen molar-refractivity contribution in [3.63, 3.8) is 0 Å². The molecule has 1 aromatic heterocycles. The fraction of sp³-hybridized carbons (Fsp3) is 0.423. The van der Waals surface area contributed by atoms with Gasteiger partial charge in [-0.3, -0.25) is 4.90 Å². The number of aromatic nitrogens is 2. The molecule has 2 heterocycles. The summed E-state index contributed by atoms with van der Waals surface area (Å²) in [6, 6.07) is 15.4. The van der Waals surface area contributed by atoms with Crippen LogP contribution in [0.2, 0.25) is 0 Å².